The van der Waals surface area contributed by atoms with Crippen molar-refractivity contribution in [2.75, 3.05) is 26.8 Å². The Kier molecular flexibility index (Phi) is 4.89. The van der Waals surface area contributed by atoms with Gasteiger partial charge in [-0.15, -0.1) is 0 Å². The predicted molar refractivity (Wildman–Crippen MR) is 79.0 cm³/mol. The van der Waals surface area contributed by atoms with Crippen LogP contribution in [0.1, 0.15) is 31.7 Å². The number of aromatic hydroxyl groups is 1. The number of ether oxygens (including phenoxy) is 1. The molecule has 112 valence electrons. The number of nitrogens with zero attached hydrogens (tertiary/aromatic N) is 1. The van der Waals surface area contributed by atoms with Gasteiger partial charge in [-0.1, -0.05) is 19.1 Å². The number of likely N-dealkylation sites (tertiary alicyclic amines) is 1. The number of para-hydroxylation sites is 1. The summed E-state index contributed by atoms with van der Waals surface area (Å²) in [6.07, 6.45) is 3.07. The summed E-state index contributed by atoms with van der Waals surface area (Å²) in [6.45, 7) is 5.09. The van der Waals surface area contributed by atoms with Crippen molar-refractivity contribution in [1.82, 2.24) is 4.90 Å². The summed E-state index contributed by atoms with van der Waals surface area (Å²) in [5.74, 6) is 0.766. The highest BCUT2D eigenvalue weighted by Crippen LogP contribution is 2.36. The maximum Gasteiger partial charge on any atom is 0.162 e. The van der Waals surface area contributed by atoms with Gasteiger partial charge in [0.05, 0.1) is 7.11 Å². The van der Waals surface area contributed by atoms with Crippen molar-refractivity contribution in [1.29, 1.82) is 0 Å². The molecule has 1 aliphatic rings. The van der Waals surface area contributed by atoms with Gasteiger partial charge in [0, 0.05) is 18.7 Å². The highest BCUT2D eigenvalue weighted by atomic mass is 16.5. The monoisotopic (exact) mass is 279 g/mol. The lowest BCUT2D eigenvalue weighted by atomic mass is 9.77. The molecule has 1 aromatic rings. The van der Waals surface area contributed by atoms with E-state index < -0.39 is 0 Å². The normalized spacial score (nSPS) is 18.9. The number of phenols is 1. The average Bonchev–Trinajstić information content (AvgIpc) is 2.50. The Morgan fingerprint density at radius 2 is 2.00 bits per heavy atom. The summed E-state index contributed by atoms with van der Waals surface area (Å²) < 4.78 is 5.14. The minimum atomic E-state index is 0.104. The predicted octanol–water partition coefficient (Wildman–Crippen LogP) is 2.39. The molecule has 4 nitrogen and oxygen atoms in total. The smallest absolute Gasteiger partial charge is 0.162 e. The number of piperidine rings is 1. The van der Waals surface area contributed by atoms with E-state index in [1.807, 2.05) is 12.1 Å². The maximum atomic E-state index is 10.1. The van der Waals surface area contributed by atoms with E-state index in [2.05, 4.69) is 11.8 Å². The SMILES string of the molecule is CCC1(CO)CCN(Cc2cccc(OC)c2O)CC1. The van der Waals surface area contributed by atoms with Crippen molar-refractivity contribution in [3.63, 3.8) is 0 Å². The van der Waals surface area contributed by atoms with Crippen LogP contribution >= 0.6 is 0 Å². The molecule has 1 saturated heterocycles. The molecule has 1 heterocycles. The third-order valence-electron chi connectivity index (χ3n) is 4.70. The van der Waals surface area contributed by atoms with E-state index in [1.54, 1.807) is 13.2 Å². The summed E-state index contributed by atoms with van der Waals surface area (Å²) in [5.41, 5.74) is 1.00. The highest BCUT2D eigenvalue weighted by Gasteiger charge is 2.32. The van der Waals surface area contributed by atoms with Gasteiger partial charge in [-0.25, -0.2) is 0 Å². The van der Waals surface area contributed by atoms with E-state index in [9.17, 15) is 10.2 Å². The molecular weight excluding hydrogens is 254 g/mol. The molecule has 0 unspecified atom stereocenters. The summed E-state index contributed by atoms with van der Waals surface area (Å²) in [4.78, 5) is 2.33. The molecule has 0 aromatic heterocycles. The van der Waals surface area contributed by atoms with Crippen LogP contribution in [0.2, 0.25) is 0 Å². The zero-order valence-corrected chi connectivity index (χ0v) is 12.4. The molecule has 0 amide bonds. The summed E-state index contributed by atoms with van der Waals surface area (Å²) in [7, 11) is 1.57. The Labute approximate surface area is 121 Å². The largest absolute Gasteiger partial charge is 0.504 e. The van der Waals surface area contributed by atoms with Crippen molar-refractivity contribution in [3.05, 3.63) is 23.8 Å². The molecule has 2 rings (SSSR count). The fourth-order valence-corrected chi connectivity index (χ4v) is 2.91. The van der Waals surface area contributed by atoms with E-state index in [0.717, 1.165) is 44.5 Å². The van der Waals surface area contributed by atoms with Crippen LogP contribution in [0, 0.1) is 5.41 Å². The number of aliphatic hydroxyl groups is 1. The van der Waals surface area contributed by atoms with Crippen molar-refractivity contribution in [2.45, 2.75) is 32.7 Å². The summed E-state index contributed by atoms with van der Waals surface area (Å²) >= 11 is 0. The van der Waals surface area contributed by atoms with E-state index >= 15 is 0 Å². The van der Waals surface area contributed by atoms with Crippen LogP contribution in [0.5, 0.6) is 11.5 Å². The van der Waals surface area contributed by atoms with Gasteiger partial charge in [-0.2, -0.15) is 0 Å². The van der Waals surface area contributed by atoms with Crippen LogP contribution in [-0.2, 0) is 6.54 Å². The number of rotatable bonds is 5. The van der Waals surface area contributed by atoms with Crippen molar-refractivity contribution >= 4 is 0 Å². The number of aliphatic hydroxyl groups excluding tert-OH is 1. The Balaban J connectivity index is 1.99. The van der Waals surface area contributed by atoms with Crippen molar-refractivity contribution < 1.29 is 14.9 Å². The lowest BCUT2D eigenvalue weighted by Gasteiger charge is -2.40. The molecule has 0 bridgehead atoms. The molecule has 1 fully saturated rings. The summed E-state index contributed by atoms with van der Waals surface area (Å²) in [6, 6.07) is 5.61. The Morgan fingerprint density at radius 1 is 1.30 bits per heavy atom. The number of phenolic OH excluding ortho intramolecular Hbond substituents is 1. The molecule has 1 aromatic carbocycles. The van der Waals surface area contributed by atoms with Gasteiger partial charge >= 0.3 is 0 Å². The van der Waals surface area contributed by atoms with Crippen LogP contribution in [-0.4, -0.2) is 41.9 Å². The molecule has 0 aliphatic carbocycles. The molecule has 0 saturated carbocycles. The Bertz CT molecular complexity index is 433. The zero-order valence-electron chi connectivity index (χ0n) is 12.4. The maximum absolute atomic E-state index is 10.1. The molecule has 1 aliphatic heterocycles. The standard InChI is InChI=1S/C16H25NO3/c1-3-16(12-18)7-9-17(10-8-16)11-13-5-4-6-14(20-2)15(13)19/h4-6,18-19H,3,7-12H2,1-2H3. The average molecular weight is 279 g/mol. The first kappa shape index (κ1) is 15.1. The van der Waals surface area contributed by atoms with Crippen molar-refractivity contribution in [3.8, 4) is 11.5 Å². The molecule has 0 radical (unpaired) electrons. The fraction of sp³-hybridized carbons (Fsp3) is 0.625. The molecule has 4 heteroatoms. The van der Waals surface area contributed by atoms with Gasteiger partial charge in [0.2, 0.25) is 0 Å². The van der Waals surface area contributed by atoms with Gasteiger partial charge in [-0.3, -0.25) is 4.90 Å². The van der Waals surface area contributed by atoms with E-state index in [1.165, 1.54) is 0 Å². The Hall–Kier alpha value is -1.26. The second kappa shape index (κ2) is 6.46. The van der Waals surface area contributed by atoms with Gasteiger partial charge in [0.25, 0.3) is 0 Å². The van der Waals surface area contributed by atoms with Gasteiger partial charge in [0.15, 0.2) is 11.5 Å². The minimum absolute atomic E-state index is 0.104. The van der Waals surface area contributed by atoms with Gasteiger partial charge < -0.3 is 14.9 Å². The first-order valence-corrected chi connectivity index (χ1v) is 7.32. The summed E-state index contributed by atoms with van der Waals surface area (Å²) in [5, 5.41) is 19.7. The van der Waals surface area contributed by atoms with E-state index in [4.69, 9.17) is 4.74 Å². The molecule has 0 spiro atoms. The van der Waals surface area contributed by atoms with Crippen LogP contribution < -0.4 is 4.74 Å². The molecule has 20 heavy (non-hydrogen) atoms. The first-order chi connectivity index (χ1) is 9.64. The van der Waals surface area contributed by atoms with Crippen LogP contribution in [0.25, 0.3) is 0 Å². The number of hydrogen-bond donors (Lipinski definition) is 2. The second-order valence-corrected chi connectivity index (χ2v) is 5.76. The van der Waals surface area contributed by atoms with Crippen LogP contribution in [0.4, 0.5) is 0 Å². The van der Waals surface area contributed by atoms with Crippen LogP contribution in [0.3, 0.4) is 0 Å². The lowest BCUT2D eigenvalue weighted by molar-refractivity contribution is 0.0380. The van der Waals surface area contributed by atoms with Gasteiger partial charge in [-0.05, 0) is 43.8 Å². The van der Waals surface area contributed by atoms with E-state index in [-0.39, 0.29) is 17.8 Å². The second-order valence-electron chi connectivity index (χ2n) is 5.76. The van der Waals surface area contributed by atoms with E-state index in [0.29, 0.717) is 5.75 Å². The minimum Gasteiger partial charge on any atom is -0.504 e. The number of methoxy groups -OCH3 is 1. The fourth-order valence-electron chi connectivity index (χ4n) is 2.91. The van der Waals surface area contributed by atoms with Gasteiger partial charge in [0.1, 0.15) is 0 Å². The Morgan fingerprint density at radius 3 is 2.55 bits per heavy atom. The molecule has 0 atom stereocenters. The number of benzene rings is 1. The van der Waals surface area contributed by atoms with Crippen molar-refractivity contribution in [2.24, 2.45) is 5.41 Å². The highest BCUT2D eigenvalue weighted by molar-refractivity contribution is 5.45. The lowest BCUT2D eigenvalue weighted by Crippen LogP contribution is -2.41. The molecular formula is C16H25NO3. The third kappa shape index (κ3) is 3.07. The first-order valence-electron chi connectivity index (χ1n) is 7.32. The quantitative estimate of drug-likeness (QED) is 0.869. The number of hydrogen-bond acceptors (Lipinski definition) is 4. The van der Waals surface area contributed by atoms with Crippen LogP contribution in [0.15, 0.2) is 18.2 Å². The molecule has 2 N–H and O–H groups in total. The zero-order chi connectivity index (χ0) is 14.6. The topological polar surface area (TPSA) is 52.9 Å². The third-order valence-corrected chi connectivity index (χ3v) is 4.70.